The molecule has 5 rings (SSSR count). The van der Waals surface area contributed by atoms with E-state index in [1.807, 2.05) is 84.9 Å². The fraction of sp³-hybridized carbons (Fsp3) is 0.511. The Hall–Kier alpha value is -3.98. The van der Waals surface area contributed by atoms with Crippen LogP contribution in [0.5, 0.6) is 5.75 Å². The molecule has 1 aliphatic rings. The first-order chi connectivity index (χ1) is 25.9. The van der Waals surface area contributed by atoms with Gasteiger partial charge in [0, 0.05) is 18.2 Å². The average Bonchev–Trinajstić information content (AvgIpc) is 3.53. The van der Waals surface area contributed by atoms with Gasteiger partial charge in [0.1, 0.15) is 11.9 Å². The number of aromatic nitrogens is 2. The molecule has 1 fully saturated rings. The maximum Gasteiger partial charge on any atom is 0.330 e. The fourth-order valence-corrected chi connectivity index (χ4v) is 8.20. The number of aryl methyl sites for hydroxylation is 1. The third-order valence-electron chi connectivity index (χ3n) is 11.0. The molecule has 0 saturated carbocycles. The van der Waals surface area contributed by atoms with Crippen LogP contribution in [0, 0.1) is 6.92 Å². The van der Waals surface area contributed by atoms with Gasteiger partial charge in [0.15, 0.2) is 5.72 Å². The van der Waals surface area contributed by atoms with E-state index >= 15 is 0 Å². The Kier molecular flexibility index (Phi) is 15.1. The Bertz CT molecular complexity index is 1730. The van der Waals surface area contributed by atoms with Crippen LogP contribution in [0.2, 0.25) is 0 Å². The van der Waals surface area contributed by atoms with Gasteiger partial charge in [-0.2, -0.15) is 0 Å². The molecule has 0 bridgehead atoms. The number of nitrogens with zero attached hydrogens (tertiary/aromatic N) is 1. The van der Waals surface area contributed by atoms with Crippen molar-refractivity contribution in [1.82, 2.24) is 9.55 Å². The summed E-state index contributed by atoms with van der Waals surface area (Å²) in [5.74, 6) is 0.741. The zero-order chi connectivity index (χ0) is 37.5. The normalized spacial score (nSPS) is 18.7. The molecule has 286 valence electrons. The molecule has 3 aromatic carbocycles. The second-order valence-electron chi connectivity index (χ2n) is 14.8. The van der Waals surface area contributed by atoms with Crippen molar-refractivity contribution in [3.05, 3.63) is 134 Å². The Morgan fingerprint density at radius 3 is 1.74 bits per heavy atom. The minimum absolute atomic E-state index is 0.0369. The molecule has 0 amide bonds. The molecule has 0 aliphatic carbocycles. The number of unbranched alkanes of at least 4 members (excludes halogenated alkanes) is 13. The lowest BCUT2D eigenvalue weighted by Gasteiger charge is -2.50. The van der Waals surface area contributed by atoms with Gasteiger partial charge < -0.3 is 19.7 Å². The maximum atomic E-state index is 13.9. The second kappa shape index (κ2) is 19.9. The summed E-state index contributed by atoms with van der Waals surface area (Å²) in [5, 5.41) is 21.8. The van der Waals surface area contributed by atoms with E-state index in [2.05, 4.69) is 11.9 Å². The zero-order valence-corrected chi connectivity index (χ0v) is 31.8. The number of aliphatic hydroxyl groups is 2. The van der Waals surface area contributed by atoms with Crippen LogP contribution >= 0.6 is 0 Å². The van der Waals surface area contributed by atoms with Crippen LogP contribution in [0.3, 0.4) is 0 Å². The fourth-order valence-electron chi connectivity index (χ4n) is 8.20. The smallest absolute Gasteiger partial charge is 0.330 e. The molecular weight excluding hydrogens is 665 g/mol. The summed E-state index contributed by atoms with van der Waals surface area (Å²) < 4.78 is 14.4. The Morgan fingerprint density at radius 1 is 0.755 bits per heavy atom. The molecule has 0 unspecified atom stereocenters. The molecule has 8 heteroatoms. The first kappa shape index (κ1) is 40.2. The van der Waals surface area contributed by atoms with E-state index in [0.717, 1.165) is 35.3 Å². The lowest BCUT2D eigenvalue weighted by molar-refractivity contribution is -0.147. The topological polar surface area (TPSA) is 114 Å². The number of hydrogen-bond acceptors (Lipinski definition) is 6. The minimum Gasteiger partial charge on any atom is -0.494 e. The van der Waals surface area contributed by atoms with Crippen LogP contribution in [0.1, 0.15) is 125 Å². The van der Waals surface area contributed by atoms with Crippen molar-refractivity contribution in [2.24, 2.45) is 0 Å². The molecule has 3 N–H and O–H groups in total. The van der Waals surface area contributed by atoms with Crippen LogP contribution in [-0.4, -0.2) is 45.2 Å². The van der Waals surface area contributed by atoms with Gasteiger partial charge in [-0.3, -0.25) is 14.3 Å². The van der Waals surface area contributed by atoms with Crippen LogP contribution in [0.25, 0.3) is 0 Å². The molecule has 0 spiro atoms. The van der Waals surface area contributed by atoms with Crippen LogP contribution in [0.15, 0.2) is 101 Å². The monoisotopic (exact) mass is 724 g/mol. The third kappa shape index (κ3) is 9.40. The summed E-state index contributed by atoms with van der Waals surface area (Å²) in [6, 6.07) is 27.4. The highest BCUT2D eigenvalue weighted by Gasteiger charge is 2.63. The molecule has 3 atom stereocenters. The molecule has 1 aromatic heterocycles. The highest BCUT2D eigenvalue weighted by molar-refractivity contribution is 5.54. The molecule has 8 nitrogen and oxygen atoms in total. The number of rotatable bonds is 22. The van der Waals surface area contributed by atoms with E-state index in [-0.39, 0.29) is 6.42 Å². The standard InChI is InChI=1S/C45H60N2O6/c1-3-4-5-6-7-8-9-10-11-12-13-14-15-22-31-52-39-29-27-38(28-30-39)45(36-23-18-16-19-24-36,37-25-20-17-21-26-37)44(32-40(49)41(34-48)53-44)47-33-35(2)42(50)46-43(47)51/h16-21,23-30,33,40-41,48-49H,3-15,22,31-32,34H2,1-2H3,(H,46,50,51)/t40-,41+,44-/m0/s1. The minimum atomic E-state index is -1.61. The highest BCUT2D eigenvalue weighted by atomic mass is 16.6. The summed E-state index contributed by atoms with van der Waals surface area (Å²) in [7, 11) is 0. The number of hydrogen-bond donors (Lipinski definition) is 3. The predicted molar refractivity (Wildman–Crippen MR) is 212 cm³/mol. The molecular formula is C45H60N2O6. The second-order valence-corrected chi connectivity index (χ2v) is 14.8. The van der Waals surface area contributed by atoms with Crippen LogP contribution < -0.4 is 16.0 Å². The van der Waals surface area contributed by atoms with Crippen LogP contribution in [0.4, 0.5) is 0 Å². The molecule has 1 aliphatic heterocycles. The number of benzene rings is 3. The average molecular weight is 725 g/mol. The first-order valence-corrected chi connectivity index (χ1v) is 20.0. The number of aromatic amines is 1. The van der Waals surface area contributed by atoms with Gasteiger partial charge in [0.25, 0.3) is 5.56 Å². The first-order valence-electron chi connectivity index (χ1n) is 20.0. The maximum absolute atomic E-state index is 13.9. The van der Waals surface area contributed by atoms with Crippen LogP contribution in [-0.2, 0) is 15.9 Å². The summed E-state index contributed by atoms with van der Waals surface area (Å²) in [6.07, 6.45) is 17.7. The van der Waals surface area contributed by atoms with Gasteiger partial charge in [-0.15, -0.1) is 0 Å². The molecule has 4 aromatic rings. The van der Waals surface area contributed by atoms with Crippen molar-refractivity contribution in [3.8, 4) is 5.75 Å². The van der Waals surface area contributed by atoms with E-state index in [0.29, 0.717) is 12.2 Å². The third-order valence-corrected chi connectivity index (χ3v) is 11.0. The molecule has 1 saturated heterocycles. The summed E-state index contributed by atoms with van der Waals surface area (Å²) >= 11 is 0. The van der Waals surface area contributed by atoms with E-state index in [4.69, 9.17) is 9.47 Å². The zero-order valence-electron chi connectivity index (χ0n) is 31.8. The summed E-state index contributed by atoms with van der Waals surface area (Å²) in [5.41, 5.74) is -1.28. The van der Waals surface area contributed by atoms with Gasteiger partial charge >= 0.3 is 5.69 Å². The van der Waals surface area contributed by atoms with Crippen molar-refractivity contribution in [2.75, 3.05) is 13.2 Å². The lowest BCUT2D eigenvalue weighted by Crippen LogP contribution is -2.59. The number of ether oxygens (including phenoxy) is 2. The Morgan fingerprint density at radius 2 is 1.25 bits per heavy atom. The SMILES string of the molecule is CCCCCCCCCCCCCCCCOc1ccc(C(c2ccccc2)(c2ccccc2)[C@]2(n3cc(C)c(=O)[nH]c3=O)C[C@H](O)[C@@H](CO)O2)cc1. The van der Waals surface area contributed by atoms with Crippen molar-refractivity contribution < 1.29 is 19.7 Å². The molecule has 53 heavy (non-hydrogen) atoms. The lowest BCUT2D eigenvalue weighted by atomic mass is 9.61. The number of nitrogens with one attached hydrogen (secondary N) is 1. The summed E-state index contributed by atoms with van der Waals surface area (Å²) in [4.78, 5) is 29.0. The van der Waals surface area contributed by atoms with Crippen molar-refractivity contribution >= 4 is 0 Å². The van der Waals surface area contributed by atoms with Crippen molar-refractivity contribution in [2.45, 2.75) is 134 Å². The van der Waals surface area contributed by atoms with Gasteiger partial charge in [-0.1, -0.05) is 163 Å². The largest absolute Gasteiger partial charge is 0.494 e. The van der Waals surface area contributed by atoms with E-state index in [1.54, 1.807) is 6.92 Å². The van der Waals surface area contributed by atoms with E-state index < -0.39 is 41.2 Å². The van der Waals surface area contributed by atoms with E-state index in [9.17, 15) is 19.8 Å². The van der Waals surface area contributed by atoms with Gasteiger partial charge in [0.05, 0.1) is 24.7 Å². The Balaban J connectivity index is 1.35. The quantitative estimate of drug-likeness (QED) is 0.0553. The highest BCUT2D eigenvalue weighted by Crippen LogP contribution is 2.56. The Labute approximate surface area is 315 Å². The van der Waals surface area contributed by atoms with Crippen molar-refractivity contribution in [3.63, 3.8) is 0 Å². The van der Waals surface area contributed by atoms with Crippen molar-refractivity contribution in [1.29, 1.82) is 0 Å². The predicted octanol–water partition coefficient (Wildman–Crippen LogP) is 8.53. The molecule has 0 radical (unpaired) electrons. The number of aliphatic hydroxyl groups excluding tert-OH is 2. The summed E-state index contributed by atoms with van der Waals surface area (Å²) in [6.45, 7) is 4.08. The van der Waals surface area contributed by atoms with E-state index in [1.165, 1.54) is 87.8 Å². The van der Waals surface area contributed by atoms with Gasteiger partial charge in [0.2, 0.25) is 0 Å². The van der Waals surface area contributed by atoms with Gasteiger partial charge in [-0.25, -0.2) is 4.79 Å². The molecule has 2 heterocycles. The van der Waals surface area contributed by atoms with Gasteiger partial charge in [-0.05, 0) is 42.2 Å². The number of H-pyrrole nitrogens is 1.